The molecule has 2 rings (SSSR count). The lowest BCUT2D eigenvalue weighted by Gasteiger charge is -2.34. The number of likely N-dealkylation sites (N-methyl/N-ethyl adjacent to an activating group) is 2. The van der Waals surface area contributed by atoms with Gasteiger partial charge in [-0.15, -0.1) is 0 Å². The third-order valence-corrected chi connectivity index (χ3v) is 5.51. The number of Topliss-reactive ketones (excluding diaryl/α,β-unsaturated/α-hetero) is 1. The Kier molecular flexibility index (Phi) is 8.39. The highest BCUT2D eigenvalue weighted by Crippen LogP contribution is 2.32. The summed E-state index contributed by atoms with van der Waals surface area (Å²) in [5, 5.41) is 15.6. The molecule has 3 N–H and O–H groups in total. The Labute approximate surface area is 186 Å². The fraction of sp³-hybridized carbons (Fsp3) is 0.619. The van der Waals surface area contributed by atoms with Crippen molar-refractivity contribution in [3.63, 3.8) is 0 Å². The molecule has 1 heterocycles. The minimum Gasteiger partial charge on any atom is -0.502 e. The molecule has 0 saturated heterocycles. The van der Waals surface area contributed by atoms with Crippen molar-refractivity contribution < 1.29 is 38.5 Å². The smallest absolute Gasteiger partial charge is 0.328 e. The number of ether oxygens (including phenoxy) is 3. The average molecular weight is 453 g/mol. The second-order valence-corrected chi connectivity index (χ2v) is 7.97. The number of aliphatic hydroxyl groups is 1. The monoisotopic (exact) mass is 453 g/mol. The number of carbonyl (C=O) groups excluding carboxylic acids is 4. The van der Waals surface area contributed by atoms with Crippen molar-refractivity contribution in [3.8, 4) is 0 Å². The largest absolute Gasteiger partial charge is 0.502 e. The van der Waals surface area contributed by atoms with E-state index in [0.717, 1.165) is 18.3 Å². The highest BCUT2D eigenvalue weighted by Gasteiger charge is 2.42. The number of nitrogens with one attached hydrogen (secondary N) is 2. The van der Waals surface area contributed by atoms with E-state index in [0.29, 0.717) is 0 Å². The Balaban J connectivity index is 2.67. The lowest BCUT2D eigenvalue weighted by molar-refractivity contribution is -0.145. The molecule has 0 spiro atoms. The fourth-order valence-electron chi connectivity index (χ4n) is 3.74. The lowest BCUT2D eigenvalue weighted by atomic mass is 9.97. The van der Waals surface area contributed by atoms with Gasteiger partial charge >= 0.3 is 5.97 Å². The van der Waals surface area contributed by atoms with Crippen molar-refractivity contribution in [2.45, 2.75) is 51.0 Å². The molecule has 1 unspecified atom stereocenters. The Hall–Kier alpha value is -2.92. The van der Waals surface area contributed by atoms with E-state index in [1.165, 1.54) is 14.2 Å². The molecule has 0 saturated carbocycles. The minimum absolute atomic E-state index is 0.0763. The summed E-state index contributed by atoms with van der Waals surface area (Å²) < 4.78 is 15.9. The van der Waals surface area contributed by atoms with Crippen molar-refractivity contribution in [2.24, 2.45) is 5.92 Å². The van der Waals surface area contributed by atoms with Gasteiger partial charge in [0.15, 0.2) is 5.78 Å². The number of hydrogen-bond donors (Lipinski definition) is 3. The first-order valence-corrected chi connectivity index (χ1v) is 10.2. The number of hydrogen-bond acceptors (Lipinski definition) is 9. The average Bonchev–Trinajstić information content (AvgIpc) is 3.01. The molecule has 11 nitrogen and oxygen atoms in total. The van der Waals surface area contributed by atoms with Crippen molar-refractivity contribution in [1.82, 2.24) is 15.5 Å². The molecule has 2 amide bonds. The van der Waals surface area contributed by atoms with Crippen LogP contribution in [-0.2, 0) is 33.4 Å². The third kappa shape index (κ3) is 5.10. The maximum absolute atomic E-state index is 13.3. The summed E-state index contributed by atoms with van der Waals surface area (Å²) in [7, 11) is 5.45. The summed E-state index contributed by atoms with van der Waals surface area (Å²) in [5.74, 6) is -2.66. The fourth-order valence-corrected chi connectivity index (χ4v) is 3.74. The van der Waals surface area contributed by atoms with Gasteiger partial charge in [0.2, 0.25) is 5.91 Å². The van der Waals surface area contributed by atoms with E-state index in [4.69, 9.17) is 14.2 Å². The Morgan fingerprint density at radius 2 is 1.94 bits per heavy atom. The standard InChI is InChI=1S/C21H31N3O8/c1-10(2)18-16(22-3)20(28)24(4)13(9-30-5)19(27)23-12(21(29)31-6)7-11-15(32-18)8-14(25)17(11)26/h9-10,12,14,16,18,22,25H,7-8H2,1-6H3,(H,23,27)/b13-9+/t12-,14?,16-,18-/m0/s1. The first-order valence-electron chi connectivity index (χ1n) is 10.2. The molecule has 1 aliphatic heterocycles. The van der Waals surface area contributed by atoms with Gasteiger partial charge in [0, 0.05) is 25.5 Å². The van der Waals surface area contributed by atoms with E-state index in [1.807, 2.05) is 13.8 Å². The molecule has 32 heavy (non-hydrogen) atoms. The number of rotatable bonds is 4. The van der Waals surface area contributed by atoms with Crippen LogP contribution in [0, 0.1) is 5.92 Å². The summed E-state index contributed by atoms with van der Waals surface area (Å²) in [6, 6.07) is -2.14. The highest BCUT2D eigenvalue weighted by molar-refractivity contribution is 6.03. The van der Waals surface area contributed by atoms with Gasteiger partial charge in [-0.3, -0.25) is 14.4 Å². The number of esters is 1. The van der Waals surface area contributed by atoms with E-state index >= 15 is 0 Å². The van der Waals surface area contributed by atoms with Crippen LogP contribution in [0.5, 0.6) is 0 Å². The molecule has 0 fully saturated rings. The van der Waals surface area contributed by atoms with Gasteiger partial charge < -0.3 is 34.9 Å². The van der Waals surface area contributed by atoms with E-state index in [2.05, 4.69) is 10.6 Å². The van der Waals surface area contributed by atoms with Crippen LogP contribution in [0.1, 0.15) is 26.7 Å². The predicted octanol–water partition coefficient (Wildman–Crippen LogP) is -0.789. The second kappa shape index (κ2) is 10.6. The number of carbonyl (C=O) groups is 4. The van der Waals surface area contributed by atoms with E-state index in [-0.39, 0.29) is 35.8 Å². The molecule has 0 aromatic rings. The van der Waals surface area contributed by atoms with Gasteiger partial charge in [-0.1, -0.05) is 13.8 Å². The summed E-state index contributed by atoms with van der Waals surface area (Å²) in [4.78, 5) is 52.4. The van der Waals surface area contributed by atoms with Gasteiger partial charge in [0.25, 0.3) is 5.91 Å². The van der Waals surface area contributed by atoms with Gasteiger partial charge in [0.1, 0.15) is 42.0 Å². The molecule has 4 atom stereocenters. The van der Waals surface area contributed by atoms with Crippen LogP contribution in [0.4, 0.5) is 0 Å². The van der Waals surface area contributed by atoms with Crippen LogP contribution < -0.4 is 10.6 Å². The van der Waals surface area contributed by atoms with Crippen LogP contribution in [0.3, 0.4) is 0 Å². The first kappa shape index (κ1) is 25.3. The Bertz CT molecular complexity index is 835. The molecular weight excluding hydrogens is 422 g/mol. The zero-order valence-electron chi connectivity index (χ0n) is 19.1. The van der Waals surface area contributed by atoms with Gasteiger partial charge in [-0.25, -0.2) is 4.79 Å². The Morgan fingerprint density at radius 3 is 2.47 bits per heavy atom. The highest BCUT2D eigenvalue weighted by atomic mass is 16.5. The number of nitrogens with zero attached hydrogens (tertiary/aromatic N) is 1. The van der Waals surface area contributed by atoms with Gasteiger partial charge in [-0.2, -0.15) is 0 Å². The van der Waals surface area contributed by atoms with Gasteiger partial charge in [-0.05, 0) is 13.0 Å². The minimum atomic E-state index is -1.33. The third-order valence-electron chi connectivity index (χ3n) is 5.51. The molecule has 1 aliphatic carbocycles. The zero-order valence-corrected chi connectivity index (χ0v) is 19.1. The molecule has 11 heteroatoms. The lowest BCUT2D eigenvalue weighted by Crippen LogP contribution is -2.55. The van der Waals surface area contributed by atoms with Crippen LogP contribution in [0.15, 0.2) is 23.3 Å². The number of methoxy groups -OCH3 is 2. The van der Waals surface area contributed by atoms with Crippen LogP contribution in [0.25, 0.3) is 0 Å². The molecule has 0 aromatic heterocycles. The summed E-state index contributed by atoms with van der Waals surface area (Å²) in [6.45, 7) is 3.69. The van der Waals surface area contributed by atoms with Crippen molar-refractivity contribution >= 4 is 23.6 Å². The molecule has 178 valence electrons. The summed E-state index contributed by atoms with van der Waals surface area (Å²) in [5.41, 5.74) is -0.0749. The van der Waals surface area contributed by atoms with E-state index in [1.54, 1.807) is 7.05 Å². The zero-order chi connectivity index (χ0) is 24.2. The van der Waals surface area contributed by atoms with Crippen molar-refractivity contribution in [3.05, 3.63) is 23.3 Å². The molecule has 0 radical (unpaired) electrons. The SMILES string of the molecule is CN[C@@H]1C(=O)N(C)/C(=C/OC)C(=O)N[C@H](C(=O)OC)CC2=C(CC(O)C2=O)O[C@H]1C(C)C. The van der Waals surface area contributed by atoms with Crippen molar-refractivity contribution in [2.75, 3.05) is 28.3 Å². The van der Waals surface area contributed by atoms with Crippen LogP contribution >= 0.6 is 0 Å². The quantitative estimate of drug-likeness (QED) is 0.283. The topological polar surface area (TPSA) is 144 Å². The second-order valence-electron chi connectivity index (χ2n) is 7.97. The molecule has 0 aromatic carbocycles. The number of aliphatic hydroxyl groups excluding tert-OH is 1. The van der Waals surface area contributed by atoms with Crippen LogP contribution in [0.2, 0.25) is 0 Å². The Morgan fingerprint density at radius 1 is 1.28 bits per heavy atom. The summed E-state index contributed by atoms with van der Waals surface area (Å²) in [6.07, 6.45) is -1.31. The first-order chi connectivity index (χ1) is 15.1. The maximum Gasteiger partial charge on any atom is 0.328 e. The van der Waals surface area contributed by atoms with E-state index < -0.39 is 47.9 Å². The normalized spacial score (nSPS) is 28.7. The maximum atomic E-state index is 13.3. The molecular formula is C21H31N3O8. The molecule has 0 bridgehead atoms. The number of amides is 2. The van der Waals surface area contributed by atoms with Crippen molar-refractivity contribution in [1.29, 1.82) is 0 Å². The molecule has 2 aliphatic rings. The van der Waals surface area contributed by atoms with Gasteiger partial charge in [0.05, 0.1) is 14.2 Å². The predicted molar refractivity (Wildman–Crippen MR) is 112 cm³/mol. The van der Waals surface area contributed by atoms with E-state index in [9.17, 15) is 24.3 Å². The number of ketones is 1. The van der Waals surface area contributed by atoms with Crippen LogP contribution in [-0.4, -0.2) is 86.2 Å². The summed E-state index contributed by atoms with van der Waals surface area (Å²) >= 11 is 0.